The first kappa shape index (κ1) is 21.0. The molecule has 0 fully saturated rings. The molecule has 5 nitrogen and oxygen atoms in total. The van der Waals surface area contributed by atoms with Crippen LogP contribution < -0.4 is 9.47 Å². The molecule has 1 heterocycles. The molecule has 154 valence electrons. The van der Waals surface area contributed by atoms with Crippen LogP contribution in [0.15, 0.2) is 47.5 Å². The highest BCUT2D eigenvalue weighted by Crippen LogP contribution is 2.33. The van der Waals surface area contributed by atoms with Crippen molar-refractivity contribution in [1.29, 1.82) is 0 Å². The molecule has 0 radical (unpaired) electrons. The Morgan fingerprint density at radius 3 is 2.62 bits per heavy atom. The number of alkyl halides is 3. The fourth-order valence-electron chi connectivity index (χ4n) is 2.92. The predicted molar refractivity (Wildman–Crippen MR) is 106 cm³/mol. The van der Waals surface area contributed by atoms with E-state index in [2.05, 4.69) is 4.99 Å². The number of amidine groups is 1. The Hall–Kier alpha value is -2.68. The minimum absolute atomic E-state index is 0.266. The van der Waals surface area contributed by atoms with Crippen LogP contribution in [-0.2, 0) is 11.9 Å². The van der Waals surface area contributed by atoms with Gasteiger partial charge >= 0.3 is 6.18 Å². The number of para-hydroxylation sites is 1. The van der Waals surface area contributed by atoms with E-state index in [0.29, 0.717) is 40.9 Å². The van der Waals surface area contributed by atoms with Gasteiger partial charge in [-0.3, -0.25) is 14.7 Å². The molecule has 0 saturated carbocycles. The van der Waals surface area contributed by atoms with E-state index in [1.807, 2.05) is 0 Å². The van der Waals surface area contributed by atoms with Gasteiger partial charge in [-0.1, -0.05) is 36.0 Å². The number of rotatable bonds is 5. The number of hydrogen-bond acceptors (Lipinski definition) is 5. The number of amides is 1. The summed E-state index contributed by atoms with van der Waals surface area (Å²) in [7, 11) is 2.94. The van der Waals surface area contributed by atoms with Crippen molar-refractivity contribution in [2.24, 2.45) is 4.99 Å². The number of carbonyl (C=O) groups is 1. The van der Waals surface area contributed by atoms with Gasteiger partial charge in [0.15, 0.2) is 16.7 Å². The molecule has 2 aromatic rings. The van der Waals surface area contributed by atoms with Crippen LogP contribution in [0, 0.1) is 0 Å². The van der Waals surface area contributed by atoms with Gasteiger partial charge in [0.1, 0.15) is 0 Å². The Bertz CT molecular complexity index is 931. The monoisotopic (exact) mass is 424 g/mol. The van der Waals surface area contributed by atoms with Crippen molar-refractivity contribution >= 4 is 22.8 Å². The van der Waals surface area contributed by atoms with Crippen LogP contribution in [0.3, 0.4) is 0 Å². The normalized spacial score (nSPS) is 14.0. The van der Waals surface area contributed by atoms with Gasteiger partial charge in [-0.2, -0.15) is 13.2 Å². The summed E-state index contributed by atoms with van der Waals surface area (Å²) in [6, 6.07) is 10.2. The van der Waals surface area contributed by atoms with Crippen molar-refractivity contribution in [3.63, 3.8) is 0 Å². The Morgan fingerprint density at radius 2 is 1.93 bits per heavy atom. The molecule has 2 aromatic carbocycles. The number of halogens is 3. The van der Waals surface area contributed by atoms with Crippen molar-refractivity contribution in [2.75, 3.05) is 27.3 Å². The zero-order valence-electron chi connectivity index (χ0n) is 15.8. The summed E-state index contributed by atoms with van der Waals surface area (Å²) in [6.45, 7) is 0.826. The lowest BCUT2D eigenvalue weighted by Gasteiger charge is -2.20. The van der Waals surface area contributed by atoms with Gasteiger partial charge in [0, 0.05) is 12.3 Å². The second-order valence-corrected chi connectivity index (χ2v) is 7.09. The van der Waals surface area contributed by atoms with E-state index in [1.165, 1.54) is 36.9 Å². The molecule has 0 aliphatic carbocycles. The number of hydrogen-bond donors (Lipinski definition) is 0. The molecule has 0 N–H and O–H groups in total. The third-order valence-electron chi connectivity index (χ3n) is 4.30. The van der Waals surface area contributed by atoms with Gasteiger partial charge in [0.05, 0.1) is 31.9 Å². The summed E-state index contributed by atoms with van der Waals surface area (Å²) in [4.78, 5) is 18.9. The lowest BCUT2D eigenvalue weighted by Crippen LogP contribution is -2.33. The van der Waals surface area contributed by atoms with Crippen LogP contribution in [0.25, 0.3) is 0 Å². The summed E-state index contributed by atoms with van der Waals surface area (Å²) in [5, 5.41) is 0.470. The summed E-state index contributed by atoms with van der Waals surface area (Å²) in [6.07, 6.45) is -4.39. The van der Waals surface area contributed by atoms with E-state index >= 15 is 0 Å². The van der Waals surface area contributed by atoms with E-state index in [-0.39, 0.29) is 11.7 Å². The van der Waals surface area contributed by atoms with Crippen molar-refractivity contribution in [3.8, 4) is 11.5 Å². The molecule has 29 heavy (non-hydrogen) atoms. The van der Waals surface area contributed by atoms with Gasteiger partial charge in [-0.25, -0.2) is 0 Å². The van der Waals surface area contributed by atoms with E-state index in [9.17, 15) is 18.0 Å². The second-order valence-electron chi connectivity index (χ2n) is 6.15. The number of ether oxygens (including phenoxy) is 2. The smallest absolute Gasteiger partial charge is 0.416 e. The first-order chi connectivity index (χ1) is 13.8. The van der Waals surface area contributed by atoms with E-state index < -0.39 is 11.7 Å². The molecule has 1 aliphatic rings. The summed E-state index contributed by atoms with van der Waals surface area (Å²) in [5.74, 6) is 0.734. The lowest BCUT2D eigenvalue weighted by atomic mass is 10.1. The maximum Gasteiger partial charge on any atom is 0.416 e. The SMILES string of the molecule is COc1cccc(C(=O)N2CCN=C2SCc2cccc(C(F)(F)F)c2)c1OC. The van der Waals surface area contributed by atoms with Crippen LogP contribution >= 0.6 is 11.8 Å². The fraction of sp³-hybridized carbons (Fsp3) is 0.300. The Morgan fingerprint density at radius 1 is 1.17 bits per heavy atom. The number of benzene rings is 2. The van der Waals surface area contributed by atoms with Gasteiger partial charge < -0.3 is 9.47 Å². The van der Waals surface area contributed by atoms with Gasteiger partial charge in [-0.05, 0) is 23.8 Å². The largest absolute Gasteiger partial charge is 0.493 e. The zero-order valence-corrected chi connectivity index (χ0v) is 16.6. The summed E-state index contributed by atoms with van der Waals surface area (Å²) in [5.41, 5.74) is 0.143. The highest BCUT2D eigenvalue weighted by molar-refractivity contribution is 8.13. The van der Waals surface area contributed by atoms with E-state index in [0.717, 1.165) is 12.1 Å². The molecule has 1 amide bonds. The molecule has 1 aliphatic heterocycles. The van der Waals surface area contributed by atoms with Crippen LogP contribution in [-0.4, -0.2) is 43.3 Å². The standard InChI is InChI=1S/C20H19F3N2O3S/c1-27-16-8-4-7-15(17(16)28-2)18(26)25-10-9-24-19(25)29-12-13-5-3-6-14(11-13)20(21,22)23/h3-8,11H,9-10,12H2,1-2H3. The molecular weight excluding hydrogens is 405 g/mol. The third-order valence-corrected chi connectivity index (χ3v) is 5.39. The Labute approximate surface area is 170 Å². The maximum atomic E-state index is 13.0. The first-order valence-electron chi connectivity index (χ1n) is 8.71. The summed E-state index contributed by atoms with van der Waals surface area (Å²) >= 11 is 1.23. The van der Waals surface area contributed by atoms with Crippen molar-refractivity contribution in [1.82, 2.24) is 4.90 Å². The predicted octanol–water partition coefficient (Wildman–Crippen LogP) is 4.47. The van der Waals surface area contributed by atoms with Gasteiger partial charge in [0.25, 0.3) is 5.91 Å². The number of carbonyl (C=O) groups excluding carboxylic acids is 1. The van der Waals surface area contributed by atoms with Crippen LogP contribution in [0.1, 0.15) is 21.5 Å². The average molecular weight is 424 g/mol. The molecule has 0 aromatic heterocycles. The molecule has 0 bridgehead atoms. The number of thioether (sulfide) groups is 1. The highest BCUT2D eigenvalue weighted by atomic mass is 32.2. The quantitative estimate of drug-likeness (QED) is 0.711. The zero-order chi connectivity index (χ0) is 21.0. The Kier molecular flexibility index (Phi) is 6.36. The van der Waals surface area contributed by atoms with E-state index in [1.54, 1.807) is 24.3 Å². The van der Waals surface area contributed by atoms with Gasteiger partial charge in [-0.15, -0.1) is 0 Å². The van der Waals surface area contributed by atoms with Crippen molar-refractivity contribution in [2.45, 2.75) is 11.9 Å². The number of aliphatic imine (C=N–C) groups is 1. The Balaban J connectivity index is 1.75. The van der Waals surface area contributed by atoms with Gasteiger partial charge in [0.2, 0.25) is 0 Å². The van der Waals surface area contributed by atoms with Crippen LogP contribution in [0.2, 0.25) is 0 Å². The summed E-state index contributed by atoms with van der Waals surface area (Å²) < 4.78 is 49.2. The molecule has 3 rings (SSSR count). The molecule has 0 atom stereocenters. The molecule has 0 spiro atoms. The first-order valence-corrected chi connectivity index (χ1v) is 9.70. The maximum absolute atomic E-state index is 13.0. The fourth-order valence-corrected chi connectivity index (χ4v) is 3.91. The average Bonchev–Trinajstić information content (AvgIpc) is 3.19. The van der Waals surface area contributed by atoms with Crippen molar-refractivity contribution < 1.29 is 27.4 Å². The molecule has 0 unspecified atom stereocenters. The molecule has 0 saturated heterocycles. The third kappa shape index (κ3) is 4.67. The van der Waals surface area contributed by atoms with Crippen molar-refractivity contribution in [3.05, 3.63) is 59.2 Å². The molecule has 9 heteroatoms. The number of methoxy groups -OCH3 is 2. The minimum Gasteiger partial charge on any atom is -0.493 e. The van der Waals surface area contributed by atoms with Crippen LogP contribution in [0.5, 0.6) is 11.5 Å². The molecular formula is C20H19F3N2O3S. The number of nitrogens with zero attached hydrogens (tertiary/aromatic N) is 2. The topological polar surface area (TPSA) is 51.1 Å². The van der Waals surface area contributed by atoms with Crippen LogP contribution in [0.4, 0.5) is 13.2 Å². The lowest BCUT2D eigenvalue weighted by molar-refractivity contribution is -0.137. The minimum atomic E-state index is -4.39. The highest BCUT2D eigenvalue weighted by Gasteiger charge is 2.31. The van der Waals surface area contributed by atoms with E-state index in [4.69, 9.17) is 9.47 Å². The second kappa shape index (κ2) is 8.77.